The lowest BCUT2D eigenvalue weighted by atomic mass is 9.65. The minimum Gasteiger partial charge on any atom is -0.0622 e. The number of benzene rings is 4. The Balaban J connectivity index is 2.72. The van der Waals surface area contributed by atoms with Crippen molar-refractivity contribution in [3.63, 3.8) is 0 Å². The second kappa shape index (κ2) is 7.86. The van der Waals surface area contributed by atoms with Crippen LogP contribution in [0.15, 0.2) is 115 Å². The van der Waals surface area contributed by atoms with Gasteiger partial charge < -0.3 is 0 Å². The van der Waals surface area contributed by atoms with E-state index in [2.05, 4.69) is 0 Å². The fourth-order valence-corrected chi connectivity index (χ4v) is 2.90. The fraction of sp³-hybridized carbons (Fsp3) is 0.143. The average molecular weight is 382 g/mol. The molecule has 0 bridgehead atoms. The molecule has 0 nitrogen and oxygen atoms in total. The lowest BCUT2D eigenvalue weighted by Gasteiger charge is -2.37. The van der Waals surface area contributed by atoms with Crippen LogP contribution in [0.2, 0.25) is 0 Å². The van der Waals surface area contributed by atoms with Gasteiger partial charge in [0.1, 0.15) is 0 Å². The van der Waals surface area contributed by atoms with Gasteiger partial charge in [-0.2, -0.15) is 0 Å². The zero-order valence-corrected chi connectivity index (χ0v) is 15.1. The fourth-order valence-electron chi connectivity index (χ4n) is 2.90. The minimum atomic E-state index is -3.20. The number of rotatable bonds is 5. The molecule has 4 aromatic rings. The van der Waals surface area contributed by atoms with E-state index in [4.69, 9.17) is 24.7 Å². The number of hydrogen-bond donors (Lipinski definition) is 0. The average Bonchev–Trinajstić information content (AvgIpc) is 3.01. The molecule has 0 aliphatic rings. The maximum Gasteiger partial charge on any atom is 0.0701 e. The number of hydrogen-bond acceptors (Lipinski definition) is 0. The van der Waals surface area contributed by atoms with Crippen LogP contribution in [0.25, 0.3) is 0 Å². The van der Waals surface area contributed by atoms with Gasteiger partial charge >= 0.3 is 0 Å². The van der Waals surface area contributed by atoms with Crippen LogP contribution < -0.4 is 0 Å². The molecule has 138 valence electrons. The van der Waals surface area contributed by atoms with Crippen molar-refractivity contribution in [1.82, 2.24) is 0 Å². The van der Waals surface area contributed by atoms with Gasteiger partial charge in [-0.1, -0.05) is 129 Å². The van der Waals surface area contributed by atoms with Crippen LogP contribution in [0.5, 0.6) is 0 Å². The van der Waals surface area contributed by atoms with Crippen molar-refractivity contribution in [2.24, 2.45) is 0 Å². The third-order valence-electron chi connectivity index (χ3n) is 4.22. The minimum absolute atomic E-state index is 0.225. The van der Waals surface area contributed by atoms with Crippen LogP contribution in [-0.2, 0) is 5.41 Å². The van der Waals surface area contributed by atoms with E-state index in [1.807, 2.05) is 0 Å². The first-order chi connectivity index (χ1) is 21.6. The zero-order valence-electron chi connectivity index (χ0n) is 34.1. The lowest BCUT2D eigenvalue weighted by molar-refractivity contribution is 0.739. The first-order valence-electron chi connectivity index (χ1n) is 17.9. The van der Waals surface area contributed by atoms with Crippen molar-refractivity contribution in [3.8, 4) is 0 Å². The molecule has 0 saturated heterocycles. The summed E-state index contributed by atoms with van der Waals surface area (Å²) in [6, 6.07) is -18.8. The summed E-state index contributed by atoms with van der Waals surface area (Å²) in [4.78, 5) is 0. The van der Waals surface area contributed by atoms with Gasteiger partial charge in [-0.05, 0) is 33.7 Å². The molecule has 0 radical (unpaired) electrons. The standard InChI is InChI=1S/C28H26/c1-22(2)23-13-12-20-27(21-23)28(24-14-6-3-7-15-24,25-16-8-4-9-17-25)26-18-10-5-11-19-26/h3-22H,1-2H3/i3D,4D,5D,6D,7D,8D,9D,10D,11D,12D,13D,14D,15D,16D,17D,18D,19D,20D,21D. The predicted octanol–water partition coefficient (Wildman–Crippen LogP) is 7.19. The van der Waals surface area contributed by atoms with E-state index in [-0.39, 0.29) is 5.56 Å². The largest absolute Gasteiger partial charge is 0.0701 e. The molecule has 0 saturated carbocycles. The van der Waals surface area contributed by atoms with Crippen LogP contribution in [0.4, 0.5) is 0 Å². The highest BCUT2D eigenvalue weighted by atomic mass is 14.4. The van der Waals surface area contributed by atoms with Crippen molar-refractivity contribution in [2.45, 2.75) is 25.2 Å². The summed E-state index contributed by atoms with van der Waals surface area (Å²) in [5.41, 5.74) is -7.27. The van der Waals surface area contributed by atoms with Gasteiger partial charge in [0.15, 0.2) is 0 Å². The molecule has 4 rings (SSSR count). The molecule has 0 heteroatoms. The van der Waals surface area contributed by atoms with Crippen molar-refractivity contribution in [1.29, 1.82) is 0 Å². The molecule has 28 heavy (non-hydrogen) atoms. The summed E-state index contributed by atoms with van der Waals surface area (Å²) in [6.07, 6.45) is 0. The van der Waals surface area contributed by atoms with Gasteiger partial charge in [-0.25, -0.2) is 0 Å². The second-order valence-corrected chi connectivity index (χ2v) is 6.19. The van der Waals surface area contributed by atoms with Crippen molar-refractivity contribution in [3.05, 3.63) is 143 Å². The Morgan fingerprint density at radius 1 is 0.536 bits per heavy atom. The first-order valence-corrected chi connectivity index (χ1v) is 8.44. The van der Waals surface area contributed by atoms with Gasteiger partial charge in [0.2, 0.25) is 0 Å². The SMILES string of the molecule is [2H]c1c([2H])c([2H])c(C(c2c([2H])c([2H])c([2H])c([2H])c2[2H])(c2c([2H])c([2H])c([2H])c([2H])c2[2H])c2c([2H])c([2H])c([2H])c(C(C)C)c2[2H])c([2H])c1[2H]. The summed E-state index contributed by atoms with van der Waals surface area (Å²) >= 11 is 0. The van der Waals surface area contributed by atoms with Crippen LogP contribution >= 0.6 is 0 Å². The topological polar surface area (TPSA) is 0 Å². The van der Waals surface area contributed by atoms with Crippen molar-refractivity contribution >= 4 is 0 Å². The second-order valence-electron chi connectivity index (χ2n) is 6.19. The zero-order chi connectivity index (χ0) is 35.9. The van der Waals surface area contributed by atoms with E-state index in [0.29, 0.717) is 0 Å². The maximum atomic E-state index is 9.35. The quantitative estimate of drug-likeness (QED) is 0.321. The molecule has 0 amide bonds. The van der Waals surface area contributed by atoms with Crippen LogP contribution in [0, 0.1) is 0 Å². The van der Waals surface area contributed by atoms with E-state index in [1.54, 1.807) is 0 Å². The highest BCUT2D eigenvalue weighted by molar-refractivity contribution is 5.60. The van der Waals surface area contributed by atoms with E-state index >= 15 is 0 Å². The molecule has 0 unspecified atom stereocenters. The third kappa shape index (κ3) is 3.16. The molecule has 0 atom stereocenters. The Bertz CT molecular complexity index is 1760. The highest BCUT2D eigenvalue weighted by Crippen LogP contribution is 2.45. The van der Waals surface area contributed by atoms with E-state index in [0.717, 1.165) is 0 Å². The molecule has 0 aliphatic heterocycles. The van der Waals surface area contributed by atoms with Crippen LogP contribution in [0.3, 0.4) is 0 Å². The normalized spacial score (nSPS) is 21.0. The maximum absolute atomic E-state index is 9.35. The first kappa shape index (κ1) is 6.46. The highest BCUT2D eigenvalue weighted by Gasteiger charge is 2.38. The monoisotopic (exact) mass is 381 g/mol. The Hall–Kier alpha value is -3.12. The molecule has 0 spiro atoms. The molecule has 0 fully saturated rings. The van der Waals surface area contributed by atoms with Gasteiger partial charge in [0.05, 0.1) is 31.5 Å². The van der Waals surface area contributed by atoms with E-state index in [1.165, 1.54) is 13.8 Å². The molecular formula is C28H26. The Kier molecular flexibility index (Phi) is 1.81. The summed E-state index contributed by atoms with van der Waals surface area (Å²) in [5.74, 6) is -0.753. The molecular weight excluding hydrogens is 336 g/mol. The van der Waals surface area contributed by atoms with E-state index in [9.17, 15) is 1.37 Å². The molecule has 4 aromatic carbocycles. The van der Waals surface area contributed by atoms with Gasteiger partial charge in [-0.15, -0.1) is 0 Å². The van der Waals surface area contributed by atoms with Crippen molar-refractivity contribution < 1.29 is 26.0 Å². The summed E-state index contributed by atoms with van der Waals surface area (Å²) in [7, 11) is 0. The van der Waals surface area contributed by atoms with E-state index < -0.39 is 148 Å². The molecule has 0 N–H and O–H groups in total. The van der Waals surface area contributed by atoms with Crippen molar-refractivity contribution in [2.75, 3.05) is 0 Å². The van der Waals surface area contributed by atoms with Gasteiger partial charge in [-0.3, -0.25) is 0 Å². The van der Waals surface area contributed by atoms with Gasteiger partial charge in [0.25, 0.3) is 0 Å². The third-order valence-corrected chi connectivity index (χ3v) is 4.22. The Morgan fingerprint density at radius 3 is 1.32 bits per heavy atom. The summed E-state index contributed by atoms with van der Waals surface area (Å²) in [6.45, 7) is 3.05. The molecule has 0 heterocycles. The Morgan fingerprint density at radius 2 is 0.929 bits per heavy atom. The lowest BCUT2D eigenvalue weighted by Crippen LogP contribution is -2.31. The predicted molar refractivity (Wildman–Crippen MR) is 119 cm³/mol. The van der Waals surface area contributed by atoms with Gasteiger partial charge in [0, 0.05) is 0 Å². The van der Waals surface area contributed by atoms with Crippen LogP contribution in [0.1, 0.15) is 73.6 Å². The summed E-state index contributed by atoms with van der Waals surface area (Å²) < 4.78 is 165. The molecule has 0 aliphatic carbocycles. The smallest absolute Gasteiger partial charge is 0.0622 e. The van der Waals surface area contributed by atoms with Crippen LogP contribution in [-0.4, -0.2) is 0 Å². The Labute approximate surface area is 195 Å². The summed E-state index contributed by atoms with van der Waals surface area (Å²) in [5, 5.41) is 0. The molecule has 0 aromatic heterocycles.